The van der Waals surface area contributed by atoms with Gasteiger partial charge in [-0.05, 0) is 11.4 Å². The lowest BCUT2D eigenvalue weighted by Crippen LogP contribution is -2.48. The molecule has 0 spiro atoms. The van der Waals surface area contributed by atoms with E-state index >= 15 is 0 Å². The molecule has 3 aromatic rings. The zero-order chi connectivity index (χ0) is 20.1. The fourth-order valence-corrected chi connectivity index (χ4v) is 5.87. The van der Waals surface area contributed by atoms with E-state index in [1.807, 2.05) is 53.2 Å². The van der Waals surface area contributed by atoms with Crippen LogP contribution in [0.3, 0.4) is 0 Å². The Morgan fingerprint density at radius 2 is 2.00 bits per heavy atom. The van der Waals surface area contributed by atoms with Crippen LogP contribution in [0.25, 0.3) is 10.6 Å². The maximum Gasteiger partial charge on any atom is 0.243 e. The average Bonchev–Trinajstić information content (AvgIpc) is 3.50. The van der Waals surface area contributed by atoms with Crippen LogP contribution >= 0.6 is 34.4 Å². The van der Waals surface area contributed by atoms with E-state index in [2.05, 4.69) is 10.3 Å². The number of amides is 2. The van der Waals surface area contributed by atoms with Crippen molar-refractivity contribution in [3.8, 4) is 10.6 Å². The quantitative estimate of drug-likeness (QED) is 0.605. The van der Waals surface area contributed by atoms with E-state index < -0.39 is 0 Å². The number of rotatable bonds is 7. The minimum absolute atomic E-state index is 0.0182. The number of carbonyl (C=O) groups excluding carboxylic acids is 2. The summed E-state index contributed by atoms with van der Waals surface area (Å²) in [4.78, 5) is 32.6. The van der Waals surface area contributed by atoms with Gasteiger partial charge >= 0.3 is 0 Å². The smallest absolute Gasteiger partial charge is 0.243 e. The molecular weight excluding hydrogens is 422 g/mol. The lowest BCUT2D eigenvalue weighted by molar-refractivity contribution is -0.137. The Morgan fingerprint density at radius 3 is 2.79 bits per heavy atom. The van der Waals surface area contributed by atoms with Gasteiger partial charge in [-0.1, -0.05) is 36.4 Å². The SMILES string of the molecule is O=C(NCCc1csc(-c2ccccc2)n1)C1CSCN1C(=O)Cc1cccs1. The van der Waals surface area contributed by atoms with Gasteiger partial charge in [0.05, 0.1) is 18.0 Å². The molecule has 0 radical (unpaired) electrons. The van der Waals surface area contributed by atoms with Crippen LogP contribution in [0.15, 0.2) is 53.2 Å². The monoisotopic (exact) mass is 443 g/mol. The maximum absolute atomic E-state index is 12.6. The second kappa shape index (κ2) is 9.56. The Balaban J connectivity index is 1.28. The molecule has 1 N–H and O–H groups in total. The number of thiophene rings is 1. The van der Waals surface area contributed by atoms with Crippen LogP contribution in [0.1, 0.15) is 10.6 Å². The predicted octanol–water partition coefficient (Wildman–Crippen LogP) is 3.67. The highest BCUT2D eigenvalue weighted by Gasteiger charge is 2.34. The third-order valence-corrected chi connectivity index (χ3v) is 7.49. The Bertz CT molecular complexity index is 957. The largest absolute Gasteiger partial charge is 0.354 e. The van der Waals surface area contributed by atoms with E-state index in [1.54, 1.807) is 39.3 Å². The van der Waals surface area contributed by atoms with Gasteiger partial charge < -0.3 is 10.2 Å². The molecule has 8 heteroatoms. The zero-order valence-corrected chi connectivity index (χ0v) is 18.2. The highest BCUT2D eigenvalue weighted by atomic mass is 32.2. The molecule has 1 fully saturated rings. The standard InChI is InChI=1S/C21H21N3O2S3/c25-19(11-17-7-4-10-28-17)24-14-27-13-18(24)20(26)22-9-8-16-12-29-21(23-16)15-5-2-1-3-6-15/h1-7,10,12,18H,8-9,11,13-14H2,(H,22,26). The number of carbonyl (C=O) groups is 2. The summed E-state index contributed by atoms with van der Waals surface area (Å²) in [5, 5.41) is 7.98. The van der Waals surface area contributed by atoms with Crippen molar-refractivity contribution >= 4 is 46.2 Å². The minimum atomic E-state index is -0.386. The van der Waals surface area contributed by atoms with Gasteiger partial charge in [0.15, 0.2) is 0 Å². The molecule has 1 aliphatic heterocycles. The van der Waals surface area contributed by atoms with Crippen molar-refractivity contribution in [2.75, 3.05) is 18.2 Å². The Hall–Kier alpha value is -2.16. The van der Waals surface area contributed by atoms with Gasteiger partial charge in [0.1, 0.15) is 11.0 Å². The molecule has 5 nitrogen and oxygen atoms in total. The first-order valence-electron chi connectivity index (χ1n) is 9.38. The van der Waals surface area contributed by atoms with E-state index in [-0.39, 0.29) is 17.9 Å². The molecule has 29 heavy (non-hydrogen) atoms. The fourth-order valence-electron chi connectivity index (χ4n) is 3.14. The van der Waals surface area contributed by atoms with Gasteiger partial charge in [0, 0.05) is 34.5 Å². The molecule has 1 atom stereocenters. The molecule has 0 aliphatic carbocycles. The molecule has 4 rings (SSSR count). The summed E-state index contributed by atoms with van der Waals surface area (Å²) in [7, 11) is 0. The normalized spacial score (nSPS) is 16.1. The van der Waals surface area contributed by atoms with E-state index in [4.69, 9.17) is 0 Å². The van der Waals surface area contributed by atoms with Crippen LogP contribution in [-0.4, -0.2) is 45.9 Å². The van der Waals surface area contributed by atoms with Gasteiger partial charge in [0.25, 0.3) is 0 Å². The molecule has 0 saturated carbocycles. The lowest BCUT2D eigenvalue weighted by Gasteiger charge is -2.22. The molecule has 1 unspecified atom stereocenters. The molecule has 0 bridgehead atoms. The Morgan fingerprint density at radius 1 is 1.14 bits per heavy atom. The summed E-state index contributed by atoms with van der Waals surface area (Å²) in [5.74, 6) is 1.17. The van der Waals surface area contributed by atoms with E-state index in [1.165, 1.54) is 0 Å². The number of nitrogens with zero attached hydrogens (tertiary/aromatic N) is 2. The van der Waals surface area contributed by atoms with Crippen molar-refractivity contribution < 1.29 is 9.59 Å². The van der Waals surface area contributed by atoms with Crippen molar-refractivity contribution in [3.63, 3.8) is 0 Å². The highest BCUT2D eigenvalue weighted by Crippen LogP contribution is 2.24. The number of hydrogen-bond donors (Lipinski definition) is 1. The third-order valence-electron chi connectivity index (χ3n) is 4.66. The summed E-state index contributed by atoms with van der Waals surface area (Å²) in [5.41, 5.74) is 2.08. The molecule has 2 amide bonds. The first-order valence-corrected chi connectivity index (χ1v) is 12.3. The highest BCUT2D eigenvalue weighted by molar-refractivity contribution is 7.99. The van der Waals surface area contributed by atoms with E-state index in [0.717, 1.165) is 21.1 Å². The molecule has 3 heterocycles. The first-order chi connectivity index (χ1) is 14.2. The van der Waals surface area contributed by atoms with Crippen LogP contribution in [-0.2, 0) is 22.4 Å². The number of nitrogens with one attached hydrogen (secondary N) is 1. The average molecular weight is 444 g/mol. The molecule has 1 aliphatic rings. The topological polar surface area (TPSA) is 62.3 Å². The van der Waals surface area contributed by atoms with Gasteiger partial charge in [0.2, 0.25) is 11.8 Å². The lowest BCUT2D eigenvalue weighted by atomic mass is 10.2. The van der Waals surface area contributed by atoms with E-state index in [0.29, 0.717) is 31.0 Å². The molecule has 1 saturated heterocycles. The third kappa shape index (κ3) is 5.07. The van der Waals surface area contributed by atoms with Gasteiger partial charge in [-0.3, -0.25) is 9.59 Å². The van der Waals surface area contributed by atoms with Gasteiger partial charge in [-0.25, -0.2) is 4.98 Å². The summed E-state index contributed by atoms with van der Waals surface area (Å²) in [6, 6.07) is 13.6. The van der Waals surface area contributed by atoms with Crippen molar-refractivity contribution in [3.05, 3.63) is 63.8 Å². The van der Waals surface area contributed by atoms with Crippen LogP contribution in [0.5, 0.6) is 0 Å². The zero-order valence-electron chi connectivity index (χ0n) is 15.7. The van der Waals surface area contributed by atoms with Crippen LogP contribution in [0.4, 0.5) is 0 Å². The van der Waals surface area contributed by atoms with Crippen LogP contribution in [0, 0.1) is 0 Å². The first kappa shape index (κ1) is 20.1. The summed E-state index contributed by atoms with van der Waals surface area (Å²) in [6.45, 7) is 0.519. The van der Waals surface area contributed by atoms with Crippen molar-refractivity contribution in [1.29, 1.82) is 0 Å². The molecule has 1 aromatic carbocycles. The summed E-state index contributed by atoms with van der Waals surface area (Å²) in [6.07, 6.45) is 1.04. The number of hydrogen-bond acceptors (Lipinski definition) is 6. The van der Waals surface area contributed by atoms with Gasteiger partial charge in [-0.15, -0.1) is 34.4 Å². The molecule has 2 aromatic heterocycles. The Labute approximate surface area is 182 Å². The number of thioether (sulfide) groups is 1. The number of benzene rings is 1. The van der Waals surface area contributed by atoms with Crippen LogP contribution < -0.4 is 5.32 Å². The number of thiazole rings is 1. The maximum atomic E-state index is 12.6. The molecular formula is C21H21N3O2S3. The molecule has 150 valence electrons. The second-order valence-corrected chi connectivity index (χ2v) is 9.58. The summed E-state index contributed by atoms with van der Waals surface area (Å²) < 4.78 is 0. The summed E-state index contributed by atoms with van der Waals surface area (Å²) >= 11 is 4.81. The van der Waals surface area contributed by atoms with Crippen LogP contribution in [0.2, 0.25) is 0 Å². The van der Waals surface area contributed by atoms with Crippen molar-refractivity contribution in [2.45, 2.75) is 18.9 Å². The second-order valence-electron chi connectivity index (χ2n) is 6.69. The van der Waals surface area contributed by atoms with Crippen molar-refractivity contribution in [1.82, 2.24) is 15.2 Å². The van der Waals surface area contributed by atoms with Gasteiger partial charge in [-0.2, -0.15) is 0 Å². The van der Waals surface area contributed by atoms with E-state index in [9.17, 15) is 9.59 Å². The number of aromatic nitrogens is 1. The Kier molecular flexibility index (Phi) is 6.63. The van der Waals surface area contributed by atoms with Crippen molar-refractivity contribution in [2.24, 2.45) is 0 Å². The minimum Gasteiger partial charge on any atom is -0.354 e. The fraction of sp³-hybridized carbons (Fsp3) is 0.286. The predicted molar refractivity (Wildman–Crippen MR) is 120 cm³/mol.